The van der Waals surface area contributed by atoms with Crippen LogP contribution in [0.3, 0.4) is 0 Å². The van der Waals surface area contributed by atoms with Crippen molar-refractivity contribution in [3.63, 3.8) is 0 Å². The van der Waals surface area contributed by atoms with Crippen LogP contribution in [0.1, 0.15) is 5.82 Å². The fourth-order valence-corrected chi connectivity index (χ4v) is 1.80. The van der Waals surface area contributed by atoms with Crippen molar-refractivity contribution in [3.05, 3.63) is 22.1 Å². The molecular formula is C11H18N4O5. The Balaban J connectivity index is 2.68. The van der Waals surface area contributed by atoms with Gasteiger partial charge in [-0.25, -0.2) is 9.55 Å². The first-order valence-corrected chi connectivity index (χ1v) is 6.05. The largest absolute Gasteiger partial charge is 0.480 e. The van der Waals surface area contributed by atoms with Gasteiger partial charge in [0, 0.05) is 27.1 Å². The third-order valence-electron chi connectivity index (χ3n) is 2.83. The van der Waals surface area contributed by atoms with E-state index in [9.17, 15) is 14.9 Å². The van der Waals surface area contributed by atoms with Gasteiger partial charge in [-0.2, -0.15) is 0 Å². The van der Waals surface area contributed by atoms with Gasteiger partial charge < -0.3 is 20.0 Å². The second-order valence-electron chi connectivity index (χ2n) is 4.24. The highest BCUT2D eigenvalue weighted by Gasteiger charge is 2.18. The highest BCUT2D eigenvalue weighted by atomic mass is 16.6. The molecule has 1 rings (SSSR count). The summed E-state index contributed by atoms with van der Waals surface area (Å²) in [5.41, 5.74) is 0. The first kappa shape index (κ1) is 16.1. The molecule has 0 aliphatic carbocycles. The Hall–Kier alpha value is -2.00. The van der Waals surface area contributed by atoms with Crippen LogP contribution in [0, 0.1) is 17.0 Å². The predicted molar refractivity (Wildman–Crippen MR) is 69.6 cm³/mol. The van der Waals surface area contributed by atoms with Crippen LogP contribution < -0.4 is 0 Å². The van der Waals surface area contributed by atoms with Gasteiger partial charge in [-0.3, -0.25) is 9.69 Å². The monoisotopic (exact) mass is 286 g/mol. The third-order valence-corrected chi connectivity index (χ3v) is 2.83. The maximum Gasteiger partial charge on any atom is 0.342 e. The summed E-state index contributed by atoms with van der Waals surface area (Å²) in [6.07, 6.45) is 1.20. The van der Waals surface area contributed by atoms with E-state index < -0.39 is 10.9 Å². The molecular weight excluding hydrogens is 268 g/mol. The Bertz CT molecular complexity index is 473. The number of ether oxygens (including phenoxy) is 1. The molecule has 1 aromatic rings. The molecule has 0 atom stereocenters. The van der Waals surface area contributed by atoms with Gasteiger partial charge >= 0.3 is 11.8 Å². The van der Waals surface area contributed by atoms with E-state index in [0.29, 0.717) is 32.1 Å². The van der Waals surface area contributed by atoms with Crippen molar-refractivity contribution in [2.75, 3.05) is 33.4 Å². The predicted octanol–water partition coefficient (Wildman–Crippen LogP) is 0.133. The van der Waals surface area contributed by atoms with Crippen LogP contribution >= 0.6 is 0 Å². The standard InChI is InChI=1S/C11H18N4O5/c1-9-12-7-10(15(18)19)14(9)4-3-13(5-6-20-2)8-11(16)17/h7H,3-6,8H2,1-2H3,(H,16,17). The number of hydrogen-bond acceptors (Lipinski definition) is 6. The summed E-state index contributed by atoms with van der Waals surface area (Å²) in [5.74, 6) is -0.513. The normalized spacial score (nSPS) is 10.9. The minimum atomic E-state index is -0.946. The van der Waals surface area contributed by atoms with Crippen LogP contribution in [-0.4, -0.2) is 63.8 Å². The Kier molecular flexibility index (Phi) is 6.07. The summed E-state index contributed by atoms with van der Waals surface area (Å²) in [4.78, 5) is 26.7. The molecule has 0 spiro atoms. The second-order valence-corrected chi connectivity index (χ2v) is 4.24. The number of carbonyl (C=O) groups is 1. The van der Waals surface area contributed by atoms with Crippen LogP contribution in [0.25, 0.3) is 0 Å². The topological polar surface area (TPSA) is 111 Å². The van der Waals surface area contributed by atoms with E-state index in [1.54, 1.807) is 11.8 Å². The lowest BCUT2D eigenvalue weighted by atomic mass is 10.4. The Morgan fingerprint density at radius 1 is 1.60 bits per heavy atom. The van der Waals surface area contributed by atoms with Crippen molar-refractivity contribution >= 4 is 11.8 Å². The van der Waals surface area contributed by atoms with Gasteiger partial charge in [-0.05, 0) is 4.92 Å². The Morgan fingerprint density at radius 3 is 2.85 bits per heavy atom. The quantitative estimate of drug-likeness (QED) is 0.507. The number of carboxylic acids is 1. The van der Waals surface area contributed by atoms with Gasteiger partial charge in [0.15, 0.2) is 5.82 Å². The van der Waals surface area contributed by atoms with Gasteiger partial charge in [0.2, 0.25) is 0 Å². The number of rotatable bonds is 9. The lowest BCUT2D eigenvalue weighted by molar-refractivity contribution is -0.392. The van der Waals surface area contributed by atoms with Crippen LogP contribution in [-0.2, 0) is 16.1 Å². The summed E-state index contributed by atoms with van der Waals surface area (Å²) in [5, 5.41) is 19.7. The lowest BCUT2D eigenvalue weighted by Gasteiger charge is -2.19. The minimum Gasteiger partial charge on any atom is -0.480 e. The SMILES string of the molecule is COCCN(CCn1c([N+](=O)[O-])cnc1C)CC(=O)O. The molecule has 1 heterocycles. The molecule has 1 aromatic heterocycles. The molecule has 0 aliphatic heterocycles. The van der Waals surface area contributed by atoms with Gasteiger partial charge in [0.1, 0.15) is 12.7 Å². The van der Waals surface area contributed by atoms with Crippen molar-refractivity contribution in [3.8, 4) is 0 Å². The average Bonchev–Trinajstić information content (AvgIpc) is 2.73. The molecule has 0 aliphatic rings. The molecule has 9 nitrogen and oxygen atoms in total. The number of carboxylic acid groups (broad SMARTS) is 1. The summed E-state index contributed by atoms with van der Waals surface area (Å²) >= 11 is 0. The minimum absolute atomic E-state index is 0.0930. The Labute approximate surface area is 115 Å². The summed E-state index contributed by atoms with van der Waals surface area (Å²) in [6.45, 7) is 3.06. The van der Waals surface area contributed by atoms with Crippen molar-refractivity contribution in [2.45, 2.75) is 13.5 Å². The zero-order chi connectivity index (χ0) is 15.1. The molecule has 112 valence electrons. The summed E-state index contributed by atoms with van der Waals surface area (Å²) in [6, 6.07) is 0. The van der Waals surface area contributed by atoms with Crippen LogP contribution in [0.5, 0.6) is 0 Å². The van der Waals surface area contributed by atoms with E-state index in [0.717, 1.165) is 0 Å². The molecule has 0 unspecified atom stereocenters. The molecule has 0 saturated carbocycles. The maximum absolute atomic E-state index is 10.8. The molecule has 0 amide bonds. The Morgan fingerprint density at radius 2 is 2.30 bits per heavy atom. The molecule has 20 heavy (non-hydrogen) atoms. The number of aromatic nitrogens is 2. The number of imidazole rings is 1. The molecule has 9 heteroatoms. The molecule has 1 N–H and O–H groups in total. The van der Waals surface area contributed by atoms with E-state index >= 15 is 0 Å². The fourth-order valence-electron chi connectivity index (χ4n) is 1.80. The number of nitro groups is 1. The number of nitrogens with zero attached hydrogens (tertiary/aromatic N) is 4. The first-order chi connectivity index (χ1) is 9.45. The van der Waals surface area contributed by atoms with Crippen LogP contribution in [0.2, 0.25) is 0 Å². The average molecular weight is 286 g/mol. The van der Waals surface area contributed by atoms with Crippen molar-refractivity contribution in [1.29, 1.82) is 0 Å². The zero-order valence-electron chi connectivity index (χ0n) is 11.5. The highest BCUT2D eigenvalue weighted by Crippen LogP contribution is 2.13. The molecule has 0 aromatic carbocycles. The first-order valence-electron chi connectivity index (χ1n) is 6.05. The summed E-state index contributed by atoms with van der Waals surface area (Å²) in [7, 11) is 1.53. The molecule has 0 saturated heterocycles. The van der Waals surface area contributed by atoms with Crippen molar-refractivity contribution in [2.24, 2.45) is 0 Å². The van der Waals surface area contributed by atoms with Gasteiger partial charge in [-0.1, -0.05) is 0 Å². The van der Waals surface area contributed by atoms with Crippen molar-refractivity contribution < 1.29 is 19.6 Å². The number of methoxy groups -OCH3 is 1. The number of aryl methyl sites for hydroxylation is 1. The van der Waals surface area contributed by atoms with E-state index in [1.165, 1.54) is 17.9 Å². The van der Waals surface area contributed by atoms with E-state index in [-0.39, 0.29) is 12.4 Å². The zero-order valence-corrected chi connectivity index (χ0v) is 11.5. The maximum atomic E-state index is 10.8. The molecule has 0 fully saturated rings. The lowest BCUT2D eigenvalue weighted by Crippen LogP contribution is -2.35. The summed E-state index contributed by atoms with van der Waals surface area (Å²) < 4.78 is 6.37. The molecule has 0 radical (unpaired) electrons. The van der Waals surface area contributed by atoms with E-state index in [1.807, 2.05) is 0 Å². The highest BCUT2D eigenvalue weighted by molar-refractivity contribution is 5.69. The van der Waals surface area contributed by atoms with Gasteiger partial charge in [0.05, 0.1) is 13.2 Å². The van der Waals surface area contributed by atoms with Crippen LogP contribution in [0.15, 0.2) is 6.20 Å². The number of aliphatic carboxylic acids is 1. The van der Waals surface area contributed by atoms with Gasteiger partial charge in [-0.15, -0.1) is 0 Å². The van der Waals surface area contributed by atoms with Gasteiger partial charge in [0.25, 0.3) is 0 Å². The number of hydrogen-bond donors (Lipinski definition) is 1. The third kappa shape index (κ3) is 4.59. The van der Waals surface area contributed by atoms with E-state index in [4.69, 9.17) is 9.84 Å². The van der Waals surface area contributed by atoms with Crippen molar-refractivity contribution in [1.82, 2.24) is 14.5 Å². The van der Waals surface area contributed by atoms with Crippen LogP contribution in [0.4, 0.5) is 5.82 Å². The second kappa shape index (κ2) is 7.56. The smallest absolute Gasteiger partial charge is 0.342 e. The molecule has 0 bridgehead atoms. The van der Waals surface area contributed by atoms with E-state index in [2.05, 4.69) is 4.98 Å². The fraction of sp³-hybridized carbons (Fsp3) is 0.636.